The first-order chi connectivity index (χ1) is 15.9. The van der Waals surface area contributed by atoms with Gasteiger partial charge >= 0.3 is 6.18 Å². The Morgan fingerprint density at radius 1 is 0.848 bits per heavy atom. The molecule has 0 saturated heterocycles. The van der Waals surface area contributed by atoms with Crippen LogP contribution in [-0.4, -0.2) is 19.6 Å². The van der Waals surface area contributed by atoms with E-state index in [1.165, 1.54) is 17.7 Å². The molecule has 4 aromatic rings. The number of nitrogens with one attached hydrogen (secondary N) is 1. The number of fused-ring (bicyclic) bond motifs is 1. The minimum absolute atomic E-state index is 0.475. The highest BCUT2D eigenvalue weighted by Crippen LogP contribution is 2.30. The topological polar surface area (TPSA) is 55.1 Å². The van der Waals surface area contributed by atoms with Crippen molar-refractivity contribution in [2.45, 2.75) is 51.6 Å². The molecule has 2 aromatic carbocycles. The van der Waals surface area contributed by atoms with Crippen LogP contribution in [-0.2, 0) is 19.0 Å². The van der Waals surface area contributed by atoms with E-state index < -0.39 is 11.7 Å². The molecule has 0 unspecified atom stereocenters. The van der Waals surface area contributed by atoms with Crippen LogP contribution in [0.5, 0.6) is 0 Å². The lowest BCUT2D eigenvalue weighted by Crippen LogP contribution is -2.05. The van der Waals surface area contributed by atoms with Gasteiger partial charge in [-0.1, -0.05) is 43.2 Å². The van der Waals surface area contributed by atoms with E-state index in [1.54, 1.807) is 10.6 Å². The van der Waals surface area contributed by atoms with Crippen LogP contribution in [0.2, 0.25) is 0 Å². The van der Waals surface area contributed by atoms with Crippen LogP contribution in [0.4, 0.5) is 24.7 Å². The molecule has 0 aliphatic carbocycles. The van der Waals surface area contributed by atoms with E-state index in [2.05, 4.69) is 44.6 Å². The van der Waals surface area contributed by atoms with Crippen LogP contribution >= 0.6 is 0 Å². The number of hydrogen-bond acceptors (Lipinski definition) is 4. The predicted molar refractivity (Wildman–Crippen MR) is 123 cm³/mol. The number of hydrogen-bond donors (Lipinski definition) is 1. The second-order valence-electron chi connectivity index (χ2n) is 8.12. The second kappa shape index (κ2) is 10.0. The molecule has 2 aromatic heterocycles. The van der Waals surface area contributed by atoms with E-state index in [0.717, 1.165) is 56.4 Å². The summed E-state index contributed by atoms with van der Waals surface area (Å²) in [5.41, 5.74) is 1.96. The quantitative estimate of drug-likeness (QED) is 0.292. The van der Waals surface area contributed by atoms with Gasteiger partial charge in [0.25, 0.3) is 5.78 Å². The summed E-state index contributed by atoms with van der Waals surface area (Å²) in [6.45, 7) is 1.85. The Labute approximate surface area is 190 Å². The van der Waals surface area contributed by atoms with Crippen LogP contribution in [0.25, 0.3) is 5.78 Å². The summed E-state index contributed by atoms with van der Waals surface area (Å²) in [5, 5.41) is 7.71. The summed E-state index contributed by atoms with van der Waals surface area (Å²) in [6, 6.07) is 17.2. The first-order valence-corrected chi connectivity index (χ1v) is 11.1. The second-order valence-corrected chi connectivity index (χ2v) is 8.12. The number of alkyl halides is 3. The Morgan fingerprint density at radius 2 is 1.55 bits per heavy atom. The Bertz CT molecular complexity index is 1180. The predicted octanol–water partition coefficient (Wildman–Crippen LogP) is 6.54. The minimum Gasteiger partial charge on any atom is -0.340 e. The van der Waals surface area contributed by atoms with Gasteiger partial charge in [-0.3, -0.25) is 0 Å². The van der Waals surface area contributed by atoms with E-state index in [1.807, 2.05) is 13.0 Å². The van der Waals surface area contributed by atoms with Gasteiger partial charge in [0.05, 0.1) is 5.56 Å². The number of aryl methyl sites for hydroxylation is 3. The fourth-order valence-electron chi connectivity index (χ4n) is 3.72. The van der Waals surface area contributed by atoms with Gasteiger partial charge in [0.1, 0.15) is 5.82 Å². The molecular formula is C25H26F3N5. The molecule has 33 heavy (non-hydrogen) atoms. The molecule has 4 rings (SSSR count). The van der Waals surface area contributed by atoms with E-state index >= 15 is 0 Å². The fourth-order valence-corrected chi connectivity index (χ4v) is 3.72. The van der Waals surface area contributed by atoms with E-state index in [-0.39, 0.29) is 0 Å². The molecule has 0 spiro atoms. The van der Waals surface area contributed by atoms with Gasteiger partial charge in [-0.25, -0.2) is 4.98 Å². The standard InChI is InChI=1S/C25H26F3N5/c1-18-17-23(30-21-15-13-20(14-16-21)25(26,27)28)33-24(29-18)31-22(32-33)12-8-3-2-5-9-19-10-6-4-7-11-19/h4,6-7,10-11,13-17,30H,2-3,5,8-9,12H2,1H3. The van der Waals surface area contributed by atoms with Crippen molar-refractivity contribution >= 4 is 17.3 Å². The summed E-state index contributed by atoms with van der Waals surface area (Å²) in [6.07, 6.45) is 1.90. The molecule has 8 heteroatoms. The van der Waals surface area contributed by atoms with Crippen molar-refractivity contribution in [3.8, 4) is 0 Å². The van der Waals surface area contributed by atoms with Crippen LogP contribution in [0, 0.1) is 6.92 Å². The zero-order valence-electron chi connectivity index (χ0n) is 18.4. The average Bonchev–Trinajstić information content (AvgIpc) is 3.19. The Hall–Kier alpha value is -3.42. The van der Waals surface area contributed by atoms with Crippen molar-refractivity contribution in [2.24, 2.45) is 0 Å². The summed E-state index contributed by atoms with van der Waals surface area (Å²) < 4.78 is 40.0. The van der Waals surface area contributed by atoms with E-state index in [0.29, 0.717) is 23.1 Å². The third-order valence-electron chi connectivity index (χ3n) is 5.43. The minimum atomic E-state index is -4.36. The number of unbranched alkanes of at least 4 members (excludes halogenated alkanes) is 3. The Morgan fingerprint density at radius 3 is 2.24 bits per heavy atom. The third-order valence-corrected chi connectivity index (χ3v) is 5.43. The fraction of sp³-hybridized carbons (Fsp3) is 0.320. The highest BCUT2D eigenvalue weighted by atomic mass is 19.4. The molecule has 172 valence electrons. The van der Waals surface area contributed by atoms with Crippen LogP contribution in [0.15, 0.2) is 60.7 Å². The van der Waals surface area contributed by atoms with Crippen molar-refractivity contribution < 1.29 is 13.2 Å². The summed E-state index contributed by atoms with van der Waals surface area (Å²) in [5.74, 6) is 1.80. The molecule has 5 nitrogen and oxygen atoms in total. The lowest BCUT2D eigenvalue weighted by molar-refractivity contribution is -0.137. The number of halogens is 3. The smallest absolute Gasteiger partial charge is 0.340 e. The monoisotopic (exact) mass is 453 g/mol. The molecule has 0 aliphatic rings. The van der Waals surface area contributed by atoms with Crippen molar-refractivity contribution in [2.75, 3.05) is 5.32 Å². The van der Waals surface area contributed by atoms with Gasteiger partial charge in [-0.05, 0) is 56.0 Å². The third kappa shape index (κ3) is 6.09. The SMILES string of the molecule is Cc1cc(Nc2ccc(C(F)(F)F)cc2)n2nc(CCCCCCc3ccccc3)nc2n1. The zero-order chi connectivity index (χ0) is 23.3. The highest BCUT2D eigenvalue weighted by Gasteiger charge is 2.29. The highest BCUT2D eigenvalue weighted by molar-refractivity contribution is 5.59. The largest absolute Gasteiger partial charge is 0.416 e. The zero-order valence-corrected chi connectivity index (χ0v) is 18.4. The van der Waals surface area contributed by atoms with Crippen LogP contribution in [0.1, 0.15) is 48.3 Å². The molecule has 0 fully saturated rings. The molecular weight excluding hydrogens is 427 g/mol. The normalized spacial score (nSPS) is 11.8. The first kappa shape index (κ1) is 22.8. The van der Waals surface area contributed by atoms with E-state index in [9.17, 15) is 13.2 Å². The molecule has 0 atom stereocenters. The number of anilines is 2. The Kier molecular flexibility index (Phi) is 6.91. The van der Waals surface area contributed by atoms with Crippen molar-refractivity contribution in [3.63, 3.8) is 0 Å². The summed E-state index contributed by atoms with van der Waals surface area (Å²) >= 11 is 0. The number of nitrogens with zero attached hydrogens (tertiary/aromatic N) is 4. The van der Waals surface area contributed by atoms with Gasteiger partial charge < -0.3 is 5.32 Å². The maximum absolute atomic E-state index is 12.8. The molecule has 0 bridgehead atoms. The first-order valence-electron chi connectivity index (χ1n) is 11.1. The number of aromatic nitrogens is 4. The van der Waals surface area contributed by atoms with Gasteiger partial charge in [-0.2, -0.15) is 22.7 Å². The maximum Gasteiger partial charge on any atom is 0.416 e. The molecule has 0 radical (unpaired) electrons. The number of rotatable bonds is 9. The van der Waals surface area contributed by atoms with Crippen LogP contribution < -0.4 is 5.32 Å². The molecule has 0 amide bonds. The van der Waals surface area contributed by atoms with Crippen molar-refractivity contribution in [1.29, 1.82) is 0 Å². The van der Waals surface area contributed by atoms with Crippen molar-refractivity contribution in [3.05, 3.63) is 83.3 Å². The number of benzene rings is 2. The lowest BCUT2D eigenvalue weighted by atomic mass is 10.1. The molecule has 0 aliphatic heterocycles. The van der Waals surface area contributed by atoms with Crippen LogP contribution in [0.3, 0.4) is 0 Å². The lowest BCUT2D eigenvalue weighted by Gasteiger charge is -2.10. The summed E-state index contributed by atoms with van der Waals surface area (Å²) in [7, 11) is 0. The maximum atomic E-state index is 12.8. The van der Waals surface area contributed by atoms with Gasteiger partial charge in [0.15, 0.2) is 5.82 Å². The summed E-state index contributed by atoms with van der Waals surface area (Å²) in [4.78, 5) is 8.98. The van der Waals surface area contributed by atoms with E-state index in [4.69, 9.17) is 0 Å². The average molecular weight is 454 g/mol. The van der Waals surface area contributed by atoms with Gasteiger partial charge in [0.2, 0.25) is 0 Å². The Balaban J connectivity index is 1.35. The van der Waals surface area contributed by atoms with Gasteiger partial charge in [-0.15, -0.1) is 5.10 Å². The van der Waals surface area contributed by atoms with Crippen molar-refractivity contribution in [1.82, 2.24) is 19.6 Å². The molecule has 1 N–H and O–H groups in total. The van der Waals surface area contributed by atoms with Gasteiger partial charge in [0, 0.05) is 23.9 Å². The molecule has 2 heterocycles. The molecule has 0 saturated carbocycles.